The smallest absolute Gasteiger partial charge is 0.458 e. The third-order valence-electron chi connectivity index (χ3n) is 9.43. The second kappa shape index (κ2) is 21.2. The Hall–Kier alpha value is -6.73. The predicted octanol–water partition coefficient (Wildman–Crippen LogP) is 8.80. The first-order valence-electron chi connectivity index (χ1n) is 19.6. The molecule has 0 aliphatic carbocycles. The van der Waals surface area contributed by atoms with Gasteiger partial charge in [-0.2, -0.15) is 0 Å². The number of ether oxygens (including phenoxy) is 5. The molecule has 5 atom stereocenters. The Bertz CT molecular complexity index is 2380. The Balaban J connectivity index is 1.28. The summed E-state index contributed by atoms with van der Waals surface area (Å²) < 4.78 is 63.0. The fourth-order valence-electron chi connectivity index (χ4n) is 6.30. The summed E-state index contributed by atoms with van der Waals surface area (Å²) in [5.74, 6) is -3.40. The van der Waals surface area contributed by atoms with Crippen LogP contribution in [0.5, 0.6) is 0 Å². The van der Waals surface area contributed by atoms with E-state index in [1.165, 1.54) is 48.5 Å². The quantitative estimate of drug-likeness (QED) is 0.0459. The summed E-state index contributed by atoms with van der Waals surface area (Å²) in [4.78, 5) is 54.9. The minimum absolute atomic E-state index is 0.107. The normalized spacial score (nSPS) is 17.6. The van der Waals surface area contributed by atoms with E-state index in [4.69, 9.17) is 37.3 Å². The lowest BCUT2D eigenvalue weighted by Crippen LogP contribution is -2.47. The first kappa shape index (κ1) is 43.4. The molecule has 1 aliphatic rings. The van der Waals surface area contributed by atoms with Crippen LogP contribution >= 0.6 is 7.82 Å². The van der Waals surface area contributed by atoms with E-state index in [1.807, 2.05) is 0 Å². The molecule has 0 bridgehead atoms. The highest BCUT2D eigenvalue weighted by Gasteiger charge is 2.57. The molecule has 6 aromatic rings. The monoisotopic (exact) mass is 856 g/mol. The van der Waals surface area contributed by atoms with E-state index in [0.717, 1.165) is 0 Å². The summed E-state index contributed by atoms with van der Waals surface area (Å²) >= 11 is 0. The van der Waals surface area contributed by atoms with Crippen LogP contribution in [0.2, 0.25) is 0 Å². The number of hydrogen-bond donors (Lipinski definition) is 0. The van der Waals surface area contributed by atoms with Crippen LogP contribution in [0.3, 0.4) is 0 Å². The highest BCUT2D eigenvalue weighted by atomic mass is 31.2. The van der Waals surface area contributed by atoms with Gasteiger partial charge < -0.3 is 23.7 Å². The molecule has 1 heterocycles. The van der Waals surface area contributed by atoms with Crippen molar-refractivity contribution < 1.29 is 61.0 Å². The van der Waals surface area contributed by atoms with E-state index in [0.29, 0.717) is 11.1 Å². The lowest BCUT2D eigenvalue weighted by molar-refractivity contribution is -0.151. The topological polar surface area (TPSA) is 159 Å². The molecule has 0 N–H and O–H groups in total. The van der Waals surface area contributed by atoms with Gasteiger partial charge in [0.1, 0.15) is 12.7 Å². The molecule has 13 nitrogen and oxygen atoms in total. The van der Waals surface area contributed by atoms with Crippen molar-refractivity contribution in [1.29, 1.82) is 0 Å². The van der Waals surface area contributed by atoms with Gasteiger partial charge in [0.15, 0.2) is 18.3 Å². The standard InChI is InChI=1S/C48H41O13P/c49-44(36-23-11-3-12-24-36)54-33-40(57-45(50)37-25-13-4-14-26-37)41-42(58-46(51)38-27-15-5-16-28-38)43(59-47(52)39-29-17-6-18-30-39)48(60-41)61-62(53,55-31-34-19-7-1-8-20-34)56-32-35-21-9-2-10-22-35/h1-30,40-43,48H,31-33H2/t40-,41+,42+,43-,48-/m1/s1. The second-order valence-corrected chi connectivity index (χ2v) is 15.4. The third kappa shape index (κ3) is 11.8. The molecule has 6 aromatic carbocycles. The van der Waals surface area contributed by atoms with E-state index in [-0.39, 0.29) is 35.5 Å². The molecule has 316 valence electrons. The largest absolute Gasteiger partial charge is 0.477 e. The number of rotatable bonds is 18. The van der Waals surface area contributed by atoms with Crippen LogP contribution in [0.4, 0.5) is 0 Å². The van der Waals surface area contributed by atoms with Gasteiger partial charge in [-0.3, -0.25) is 13.6 Å². The van der Waals surface area contributed by atoms with Gasteiger partial charge in [0, 0.05) is 0 Å². The summed E-state index contributed by atoms with van der Waals surface area (Å²) in [6.45, 7) is -1.12. The molecule has 1 aliphatic heterocycles. The van der Waals surface area contributed by atoms with Gasteiger partial charge in [0.05, 0.1) is 35.5 Å². The number of phosphoric ester groups is 1. The molecular weight excluding hydrogens is 815 g/mol. The minimum atomic E-state index is -4.72. The van der Waals surface area contributed by atoms with Gasteiger partial charge in [-0.05, 0) is 59.7 Å². The van der Waals surface area contributed by atoms with Crippen LogP contribution in [0.25, 0.3) is 0 Å². The zero-order valence-corrected chi connectivity index (χ0v) is 34.0. The van der Waals surface area contributed by atoms with Crippen LogP contribution in [-0.2, 0) is 55.0 Å². The molecule has 0 saturated carbocycles. The fraction of sp³-hybridized carbons (Fsp3) is 0.167. The maximum Gasteiger partial charge on any atom is 0.477 e. The summed E-state index contributed by atoms with van der Waals surface area (Å²) in [5, 5.41) is 0. The van der Waals surface area contributed by atoms with Crippen molar-refractivity contribution in [3.05, 3.63) is 215 Å². The van der Waals surface area contributed by atoms with Crippen LogP contribution in [0.1, 0.15) is 52.6 Å². The first-order chi connectivity index (χ1) is 30.2. The first-order valence-corrected chi connectivity index (χ1v) is 21.0. The zero-order chi connectivity index (χ0) is 43.2. The second-order valence-electron chi connectivity index (χ2n) is 13.8. The Morgan fingerprint density at radius 1 is 0.484 bits per heavy atom. The van der Waals surface area contributed by atoms with Gasteiger partial charge in [-0.15, -0.1) is 0 Å². The zero-order valence-electron chi connectivity index (χ0n) is 33.1. The van der Waals surface area contributed by atoms with Gasteiger partial charge in [0.25, 0.3) is 0 Å². The molecule has 0 unspecified atom stereocenters. The van der Waals surface area contributed by atoms with Crippen molar-refractivity contribution in [3.8, 4) is 0 Å². The van der Waals surface area contributed by atoms with Crippen molar-refractivity contribution >= 4 is 31.7 Å². The van der Waals surface area contributed by atoms with Crippen molar-refractivity contribution in [1.82, 2.24) is 0 Å². The van der Waals surface area contributed by atoms with Gasteiger partial charge in [-0.1, -0.05) is 133 Å². The molecule has 0 aromatic heterocycles. The molecule has 1 saturated heterocycles. The molecule has 0 spiro atoms. The molecule has 62 heavy (non-hydrogen) atoms. The van der Waals surface area contributed by atoms with Crippen molar-refractivity contribution in [2.24, 2.45) is 0 Å². The van der Waals surface area contributed by atoms with Gasteiger partial charge in [0.2, 0.25) is 6.29 Å². The van der Waals surface area contributed by atoms with Crippen LogP contribution in [0, 0.1) is 0 Å². The van der Waals surface area contributed by atoms with Crippen LogP contribution < -0.4 is 0 Å². The summed E-state index contributed by atoms with van der Waals surface area (Å²) in [5.41, 5.74) is 1.80. The van der Waals surface area contributed by atoms with E-state index in [2.05, 4.69) is 0 Å². The molecule has 14 heteroatoms. The minimum Gasteiger partial charge on any atom is -0.458 e. The van der Waals surface area contributed by atoms with Gasteiger partial charge >= 0.3 is 31.7 Å². The summed E-state index contributed by atoms with van der Waals surface area (Å²) in [6.07, 6.45) is -8.43. The number of hydrogen-bond acceptors (Lipinski definition) is 13. The van der Waals surface area contributed by atoms with Crippen molar-refractivity contribution in [2.75, 3.05) is 6.61 Å². The molecule has 0 radical (unpaired) electrons. The number of benzene rings is 6. The highest BCUT2D eigenvalue weighted by Crippen LogP contribution is 2.54. The van der Waals surface area contributed by atoms with E-state index < -0.39 is 69.0 Å². The number of carbonyl (C=O) groups excluding carboxylic acids is 4. The lowest BCUT2D eigenvalue weighted by Gasteiger charge is -2.28. The molecule has 0 amide bonds. The highest BCUT2D eigenvalue weighted by molar-refractivity contribution is 7.48. The van der Waals surface area contributed by atoms with Gasteiger partial charge in [-0.25, -0.2) is 23.7 Å². The predicted molar refractivity (Wildman–Crippen MR) is 223 cm³/mol. The Morgan fingerprint density at radius 3 is 1.29 bits per heavy atom. The number of phosphoric acid groups is 1. The number of carbonyl (C=O) groups is 4. The molecule has 1 fully saturated rings. The summed E-state index contributed by atoms with van der Waals surface area (Å²) in [7, 11) is -4.72. The molecule has 7 rings (SSSR count). The fourth-order valence-corrected chi connectivity index (χ4v) is 7.53. The van der Waals surface area contributed by atoms with Crippen molar-refractivity contribution in [3.63, 3.8) is 0 Å². The summed E-state index contributed by atoms with van der Waals surface area (Å²) in [6, 6.07) is 49.7. The van der Waals surface area contributed by atoms with E-state index in [1.54, 1.807) is 133 Å². The maximum absolute atomic E-state index is 14.8. The molecular formula is C48H41O13P. The SMILES string of the molecule is O=C(OC[C@@H](OC(=O)c1ccccc1)[C@@H]1O[C@H](OP(=O)(OCc2ccccc2)OCc2ccccc2)[C@H](OC(=O)c2ccccc2)[C@H]1OC(=O)c1ccccc1)c1ccccc1. The lowest BCUT2D eigenvalue weighted by atomic mass is 10.0. The Kier molecular flexibility index (Phi) is 14.8. The van der Waals surface area contributed by atoms with Crippen LogP contribution in [0.15, 0.2) is 182 Å². The number of esters is 4. The third-order valence-corrected chi connectivity index (χ3v) is 10.8. The Labute approximate surface area is 357 Å². The van der Waals surface area contributed by atoms with E-state index >= 15 is 0 Å². The van der Waals surface area contributed by atoms with E-state index in [9.17, 15) is 23.7 Å². The average molecular weight is 857 g/mol. The Morgan fingerprint density at radius 2 is 0.855 bits per heavy atom. The maximum atomic E-state index is 14.8. The average Bonchev–Trinajstić information content (AvgIpc) is 3.64. The van der Waals surface area contributed by atoms with Crippen LogP contribution in [-0.4, -0.2) is 61.2 Å². The van der Waals surface area contributed by atoms with Crippen molar-refractivity contribution in [2.45, 2.75) is 43.9 Å².